The Morgan fingerprint density at radius 3 is 2.76 bits per heavy atom. The Morgan fingerprint density at radius 1 is 1.36 bits per heavy atom. The van der Waals surface area contributed by atoms with Gasteiger partial charge in [-0.1, -0.05) is 0 Å². The number of morpholine rings is 1. The highest BCUT2D eigenvalue weighted by atomic mass is 16.5. The van der Waals surface area contributed by atoms with Crippen LogP contribution in [0, 0.1) is 0 Å². The van der Waals surface area contributed by atoms with Gasteiger partial charge in [-0.15, -0.1) is 0 Å². The van der Waals surface area contributed by atoms with Crippen LogP contribution in [0.25, 0.3) is 10.9 Å². The third-order valence-electron chi connectivity index (χ3n) is 4.98. The Balaban J connectivity index is 1.60. The lowest BCUT2D eigenvalue weighted by Gasteiger charge is -2.40. The number of phenolic OH excluding ortho intramolecular Hbond substituents is 1. The maximum Gasteiger partial charge on any atom is 0.272 e. The molecule has 2 aliphatic heterocycles. The third-order valence-corrected chi connectivity index (χ3v) is 4.98. The van der Waals surface area contributed by atoms with E-state index in [9.17, 15) is 9.90 Å². The van der Waals surface area contributed by atoms with Crippen LogP contribution in [0.15, 0.2) is 18.2 Å². The predicted octanol–water partition coefficient (Wildman–Crippen LogP) is 1.57. The lowest BCUT2D eigenvalue weighted by molar-refractivity contribution is 0.0148. The fourth-order valence-electron chi connectivity index (χ4n) is 3.90. The molecule has 2 unspecified atom stereocenters. The summed E-state index contributed by atoms with van der Waals surface area (Å²) in [6, 6.07) is 5.85. The van der Waals surface area contributed by atoms with Gasteiger partial charge in [0.15, 0.2) is 5.69 Å². The molecule has 134 valence electrons. The molecule has 0 radical (unpaired) electrons. The smallest absolute Gasteiger partial charge is 0.272 e. The highest BCUT2D eigenvalue weighted by Crippen LogP contribution is 2.26. The Kier molecular flexibility index (Phi) is 4.13. The molecular weight excluding hydrogens is 320 g/mol. The summed E-state index contributed by atoms with van der Waals surface area (Å²) in [4.78, 5) is 12.9. The van der Waals surface area contributed by atoms with Crippen LogP contribution in [0.1, 0.15) is 43.2 Å². The minimum Gasteiger partial charge on any atom is -0.508 e. The van der Waals surface area contributed by atoms with Crippen molar-refractivity contribution in [1.82, 2.24) is 20.4 Å². The molecule has 3 N–H and O–H groups in total. The van der Waals surface area contributed by atoms with Gasteiger partial charge >= 0.3 is 0 Å². The van der Waals surface area contributed by atoms with Crippen LogP contribution in [0.3, 0.4) is 0 Å². The zero-order valence-electron chi connectivity index (χ0n) is 14.5. The summed E-state index contributed by atoms with van der Waals surface area (Å²) in [5, 5.41) is 21.7. The number of fused-ring (bicyclic) bond motifs is 3. The number of rotatable bonds is 3. The third kappa shape index (κ3) is 3.09. The van der Waals surface area contributed by atoms with Crippen molar-refractivity contribution in [2.24, 2.45) is 0 Å². The molecule has 1 aromatic heterocycles. The summed E-state index contributed by atoms with van der Waals surface area (Å²) >= 11 is 0. The number of aromatic hydroxyl groups is 1. The highest BCUT2D eigenvalue weighted by molar-refractivity contribution is 6.05. The molecular formula is C18H24N4O3. The van der Waals surface area contributed by atoms with E-state index in [-0.39, 0.29) is 23.7 Å². The van der Waals surface area contributed by atoms with E-state index < -0.39 is 0 Å². The number of nitrogens with one attached hydrogen (secondary N) is 2. The fourth-order valence-corrected chi connectivity index (χ4v) is 3.90. The van der Waals surface area contributed by atoms with Gasteiger partial charge in [0.05, 0.1) is 18.7 Å². The van der Waals surface area contributed by atoms with Gasteiger partial charge in [0.1, 0.15) is 5.75 Å². The summed E-state index contributed by atoms with van der Waals surface area (Å²) in [6.07, 6.45) is 1.73. The number of phenols is 1. The number of piperidine rings is 1. The van der Waals surface area contributed by atoms with Crippen molar-refractivity contribution in [2.45, 2.75) is 50.9 Å². The predicted molar refractivity (Wildman–Crippen MR) is 93.8 cm³/mol. The molecule has 7 nitrogen and oxygen atoms in total. The second kappa shape index (κ2) is 6.31. The Morgan fingerprint density at radius 2 is 2.08 bits per heavy atom. The van der Waals surface area contributed by atoms with E-state index in [1.54, 1.807) is 22.9 Å². The summed E-state index contributed by atoms with van der Waals surface area (Å²) in [5.74, 6) is 0.0217. The van der Waals surface area contributed by atoms with Gasteiger partial charge in [-0.3, -0.25) is 9.48 Å². The number of nitrogens with zero attached hydrogens (tertiary/aromatic N) is 2. The van der Waals surface area contributed by atoms with Crippen molar-refractivity contribution in [3.8, 4) is 5.75 Å². The van der Waals surface area contributed by atoms with Crippen LogP contribution in [-0.2, 0) is 4.74 Å². The average molecular weight is 344 g/mol. The van der Waals surface area contributed by atoms with Gasteiger partial charge in [0.25, 0.3) is 5.91 Å². The lowest BCUT2D eigenvalue weighted by atomic mass is 9.92. The number of carbonyl (C=O) groups is 1. The van der Waals surface area contributed by atoms with Crippen molar-refractivity contribution in [1.29, 1.82) is 0 Å². The lowest BCUT2D eigenvalue weighted by Crippen LogP contribution is -2.58. The molecule has 2 saturated heterocycles. The fraction of sp³-hybridized carbons (Fsp3) is 0.556. The molecule has 2 aromatic rings. The quantitative estimate of drug-likeness (QED) is 0.787. The van der Waals surface area contributed by atoms with Crippen molar-refractivity contribution >= 4 is 16.8 Å². The van der Waals surface area contributed by atoms with Crippen molar-refractivity contribution in [3.05, 3.63) is 23.9 Å². The van der Waals surface area contributed by atoms with E-state index in [0.29, 0.717) is 31.0 Å². The molecule has 1 aromatic carbocycles. The van der Waals surface area contributed by atoms with E-state index in [1.807, 2.05) is 13.8 Å². The largest absolute Gasteiger partial charge is 0.508 e. The number of aromatic nitrogens is 2. The minimum absolute atomic E-state index is 0.0984. The zero-order chi connectivity index (χ0) is 17.6. The molecule has 7 heteroatoms. The minimum atomic E-state index is -0.152. The highest BCUT2D eigenvalue weighted by Gasteiger charge is 2.33. The maximum atomic E-state index is 12.9. The summed E-state index contributed by atoms with van der Waals surface area (Å²) < 4.78 is 7.35. The second-order valence-corrected chi connectivity index (χ2v) is 7.33. The molecule has 2 fully saturated rings. The monoisotopic (exact) mass is 344 g/mol. The Labute approximate surface area is 146 Å². The average Bonchev–Trinajstić information content (AvgIpc) is 2.93. The molecule has 3 heterocycles. The van der Waals surface area contributed by atoms with Gasteiger partial charge in [-0.2, -0.15) is 5.10 Å². The number of benzene rings is 1. The number of amides is 1. The van der Waals surface area contributed by atoms with Gasteiger partial charge in [-0.25, -0.2) is 0 Å². The number of hydrogen-bond donors (Lipinski definition) is 3. The summed E-state index contributed by atoms with van der Waals surface area (Å²) in [5.41, 5.74) is 1.19. The Hall–Kier alpha value is -2.12. The first-order valence-electron chi connectivity index (χ1n) is 8.87. The molecule has 0 spiro atoms. The number of carbonyl (C=O) groups excluding carboxylic acids is 1. The normalized spacial score (nSPS) is 26.1. The molecule has 0 saturated carbocycles. The second-order valence-electron chi connectivity index (χ2n) is 7.33. The van der Waals surface area contributed by atoms with Crippen LogP contribution in [0.2, 0.25) is 0 Å². The molecule has 2 aliphatic rings. The van der Waals surface area contributed by atoms with E-state index in [1.165, 1.54) is 0 Å². The van der Waals surface area contributed by atoms with E-state index in [0.717, 1.165) is 23.7 Å². The topological polar surface area (TPSA) is 88.4 Å². The van der Waals surface area contributed by atoms with Gasteiger partial charge < -0.3 is 20.5 Å². The van der Waals surface area contributed by atoms with Gasteiger partial charge in [0, 0.05) is 35.6 Å². The van der Waals surface area contributed by atoms with E-state index in [2.05, 4.69) is 15.7 Å². The molecule has 25 heavy (non-hydrogen) atoms. The standard InChI is InChI=1S/C18H24N4O3/c1-10(2)22-16-7-14(23)3-4-15(16)17(21-22)18(24)20-11-5-12-8-25-9-13(6-11)19-12/h3-4,7,10-13,19,23H,5-6,8-9H2,1-2H3,(H,20,24). The first-order valence-corrected chi connectivity index (χ1v) is 8.87. The zero-order valence-corrected chi connectivity index (χ0v) is 14.5. The number of hydrogen-bond acceptors (Lipinski definition) is 5. The molecule has 0 aliphatic carbocycles. The van der Waals surface area contributed by atoms with Crippen molar-refractivity contribution in [2.75, 3.05) is 13.2 Å². The summed E-state index contributed by atoms with van der Waals surface area (Å²) in [7, 11) is 0. The van der Waals surface area contributed by atoms with Crippen molar-refractivity contribution in [3.63, 3.8) is 0 Å². The SMILES string of the molecule is CC(C)n1nc(C(=O)NC2CC3COCC(C2)N3)c2ccc(O)cc21. The summed E-state index contributed by atoms with van der Waals surface area (Å²) in [6.45, 7) is 5.42. The van der Waals surface area contributed by atoms with Crippen LogP contribution in [0.4, 0.5) is 0 Å². The first kappa shape index (κ1) is 16.4. The maximum absolute atomic E-state index is 12.9. The van der Waals surface area contributed by atoms with E-state index in [4.69, 9.17) is 4.74 Å². The molecule has 1 amide bonds. The van der Waals surface area contributed by atoms with Gasteiger partial charge in [0.2, 0.25) is 0 Å². The van der Waals surface area contributed by atoms with Crippen LogP contribution < -0.4 is 10.6 Å². The van der Waals surface area contributed by atoms with E-state index >= 15 is 0 Å². The number of ether oxygens (including phenoxy) is 1. The van der Waals surface area contributed by atoms with Crippen LogP contribution >= 0.6 is 0 Å². The molecule has 2 bridgehead atoms. The van der Waals surface area contributed by atoms with Crippen LogP contribution in [-0.4, -0.2) is 52.1 Å². The van der Waals surface area contributed by atoms with Crippen molar-refractivity contribution < 1.29 is 14.6 Å². The Bertz CT molecular complexity index is 789. The van der Waals surface area contributed by atoms with Gasteiger partial charge in [-0.05, 0) is 38.8 Å². The van der Waals surface area contributed by atoms with Crippen LogP contribution in [0.5, 0.6) is 5.75 Å². The molecule has 2 atom stereocenters. The molecule has 4 rings (SSSR count). The first-order chi connectivity index (χ1) is 12.0.